The number of benzene rings is 1. The largest absolute Gasteiger partial charge is 0.311 e. The molecule has 6 heteroatoms. The minimum Gasteiger partial charge on any atom is -0.311 e. The van der Waals surface area contributed by atoms with E-state index in [0.717, 1.165) is 18.5 Å². The Morgan fingerprint density at radius 3 is 2.79 bits per heavy atom. The molecular weight excluding hydrogens is 246 g/mol. The highest BCUT2D eigenvalue weighted by atomic mass is 16.6. The molecule has 1 heterocycles. The van der Waals surface area contributed by atoms with Crippen LogP contribution in [-0.2, 0) is 4.79 Å². The lowest BCUT2D eigenvalue weighted by Crippen LogP contribution is -2.49. The van der Waals surface area contributed by atoms with E-state index in [1.807, 2.05) is 0 Å². The summed E-state index contributed by atoms with van der Waals surface area (Å²) in [5.41, 5.74) is 1.38. The number of nitro groups is 1. The van der Waals surface area contributed by atoms with Crippen LogP contribution in [0.2, 0.25) is 0 Å². The Hall–Kier alpha value is -1.95. The third-order valence-corrected chi connectivity index (χ3v) is 3.48. The number of carbonyl (C=O) groups is 1. The summed E-state index contributed by atoms with van der Waals surface area (Å²) < 4.78 is 0. The SMILES string of the molecule is CNC1CCCN(c2ccc([N+](=O)[O-])c(C)c2)C1=O. The quantitative estimate of drug-likeness (QED) is 0.664. The van der Waals surface area contributed by atoms with Crippen molar-refractivity contribution in [3.63, 3.8) is 0 Å². The van der Waals surface area contributed by atoms with Crippen LogP contribution in [0.1, 0.15) is 18.4 Å². The molecule has 1 atom stereocenters. The molecule has 0 bridgehead atoms. The first-order chi connectivity index (χ1) is 9.04. The summed E-state index contributed by atoms with van der Waals surface area (Å²) in [6.45, 7) is 2.35. The van der Waals surface area contributed by atoms with Crippen molar-refractivity contribution in [1.29, 1.82) is 0 Å². The maximum Gasteiger partial charge on any atom is 0.272 e. The normalized spacial score (nSPS) is 19.6. The summed E-state index contributed by atoms with van der Waals surface area (Å²) in [5, 5.41) is 13.8. The first-order valence-electron chi connectivity index (χ1n) is 6.28. The lowest BCUT2D eigenvalue weighted by Gasteiger charge is -2.32. The van der Waals surface area contributed by atoms with Crippen LogP contribution in [0.15, 0.2) is 18.2 Å². The zero-order valence-corrected chi connectivity index (χ0v) is 11.0. The number of anilines is 1. The molecule has 2 rings (SSSR count). The van der Waals surface area contributed by atoms with Gasteiger partial charge in [-0.05, 0) is 38.9 Å². The Morgan fingerprint density at radius 2 is 2.21 bits per heavy atom. The second-order valence-corrected chi connectivity index (χ2v) is 4.70. The molecule has 1 aliphatic heterocycles. The van der Waals surface area contributed by atoms with Crippen molar-refractivity contribution < 1.29 is 9.72 Å². The highest BCUT2D eigenvalue weighted by molar-refractivity contribution is 5.98. The molecule has 0 aliphatic carbocycles. The minimum absolute atomic E-state index is 0.0296. The van der Waals surface area contributed by atoms with E-state index in [2.05, 4.69) is 5.32 Å². The van der Waals surface area contributed by atoms with Crippen molar-refractivity contribution in [2.24, 2.45) is 0 Å². The smallest absolute Gasteiger partial charge is 0.272 e. The van der Waals surface area contributed by atoms with Gasteiger partial charge in [-0.1, -0.05) is 0 Å². The van der Waals surface area contributed by atoms with Crippen molar-refractivity contribution in [3.8, 4) is 0 Å². The fourth-order valence-electron chi connectivity index (χ4n) is 2.41. The predicted molar refractivity (Wildman–Crippen MR) is 72.3 cm³/mol. The van der Waals surface area contributed by atoms with Crippen molar-refractivity contribution in [2.75, 3.05) is 18.5 Å². The number of nitro benzene ring substituents is 1. The van der Waals surface area contributed by atoms with E-state index < -0.39 is 4.92 Å². The third kappa shape index (κ3) is 2.58. The van der Waals surface area contributed by atoms with E-state index in [1.54, 1.807) is 31.0 Å². The first-order valence-corrected chi connectivity index (χ1v) is 6.28. The number of carbonyl (C=O) groups excluding carboxylic acids is 1. The third-order valence-electron chi connectivity index (χ3n) is 3.48. The molecule has 0 aromatic heterocycles. The van der Waals surface area contributed by atoms with E-state index in [-0.39, 0.29) is 17.6 Å². The molecule has 1 aliphatic rings. The van der Waals surface area contributed by atoms with Gasteiger partial charge in [-0.3, -0.25) is 14.9 Å². The van der Waals surface area contributed by atoms with Gasteiger partial charge in [0.2, 0.25) is 5.91 Å². The van der Waals surface area contributed by atoms with Crippen molar-refractivity contribution in [3.05, 3.63) is 33.9 Å². The van der Waals surface area contributed by atoms with Gasteiger partial charge < -0.3 is 10.2 Å². The van der Waals surface area contributed by atoms with Crippen LogP contribution in [0.25, 0.3) is 0 Å². The molecule has 0 radical (unpaired) electrons. The minimum atomic E-state index is -0.409. The fraction of sp³-hybridized carbons (Fsp3) is 0.462. The number of hydrogen-bond donors (Lipinski definition) is 1. The maximum absolute atomic E-state index is 12.2. The molecule has 1 N–H and O–H groups in total. The zero-order valence-electron chi connectivity index (χ0n) is 11.0. The van der Waals surface area contributed by atoms with Gasteiger partial charge in [0, 0.05) is 23.9 Å². The molecule has 1 fully saturated rings. The first kappa shape index (κ1) is 13.5. The predicted octanol–water partition coefficient (Wildman–Crippen LogP) is 1.62. The van der Waals surface area contributed by atoms with Crippen LogP contribution in [0.3, 0.4) is 0 Å². The zero-order chi connectivity index (χ0) is 14.0. The molecule has 6 nitrogen and oxygen atoms in total. The summed E-state index contributed by atoms with van der Waals surface area (Å²) in [6, 6.07) is 4.64. The van der Waals surface area contributed by atoms with E-state index in [0.29, 0.717) is 12.1 Å². The summed E-state index contributed by atoms with van der Waals surface area (Å²) >= 11 is 0. The average Bonchev–Trinajstić information content (AvgIpc) is 2.38. The highest BCUT2D eigenvalue weighted by Crippen LogP contribution is 2.26. The Morgan fingerprint density at radius 1 is 1.47 bits per heavy atom. The van der Waals surface area contributed by atoms with E-state index >= 15 is 0 Å². The number of rotatable bonds is 3. The summed E-state index contributed by atoms with van der Waals surface area (Å²) in [4.78, 5) is 24.3. The average molecular weight is 263 g/mol. The molecule has 1 unspecified atom stereocenters. The standard InChI is InChI=1S/C13H17N3O3/c1-9-8-10(5-6-12(9)16(18)19)15-7-3-4-11(14-2)13(15)17/h5-6,8,11,14H,3-4,7H2,1-2H3. The van der Waals surface area contributed by atoms with E-state index in [4.69, 9.17) is 0 Å². The van der Waals surface area contributed by atoms with Gasteiger partial charge in [-0.25, -0.2) is 0 Å². The number of aryl methyl sites for hydroxylation is 1. The Labute approximate surface area is 111 Å². The molecule has 1 aromatic rings. The number of nitrogens with one attached hydrogen (secondary N) is 1. The maximum atomic E-state index is 12.2. The monoisotopic (exact) mass is 263 g/mol. The van der Waals surface area contributed by atoms with Crippen LogP contribution in [0, 0.1) is 17.0 Å². The molecule has 0 saturated carbocycles. The van der Waals surface area contributed by atoms with Crippen molar-refractivity contribution in [2.45, 2.75) is 25.8 Å². The van der Waals surface area contributed by atoms with Gasteiger partial charge in [0.1, 0.15) is 0 Å². The van der Waals surface area contributed by atoms with Gasteiger partial charge in [0.15, 0.2) is 0 Å². The van der Waals surface area contributed by atoms with Crippen molar-refractivity contribution >= 4 is 17.3 Å². The van der Waals surface area contributed by atoms with Crippen LogP contribution >= 0.6 is 0 Å². The number of hydrogen-bond acceptors (Lipinski definition) is 4. The van der Waals surface area contributed by atoms with Gasteiger partial charge in [-0.2, -0.15) is 0 Å². The lowest BCUT2D eigenvalue weighted by atomic mass is 10.0. The van der Waals surface area contributed by atoms with Gasteiger partial charge >= 0.3 is 0 Å². The van der Waals surface area contributed by atoms with E-state index in [1.165, 1.54) is 6.07 Å². The summed E-state index contributed by atoms with van der Waals surface area (Å²) in [5.74, 6) is 0.0296. The Kier molecular flexibility index (Phi) is 3.80. The Bertz CT molecular complexity index is 516. The van der Waals surface area contributed by atoms with Gasteiger partial charge in [0.25, 0.3) is 5.69 Å². The molecule has 1 amide bonds. The molecule has 19 heavy (non-hydrogen) atoms. The van der Waals surface area contributed by atoms with Crippen LogP contribution < -0.4 is 10.2 Å². The summed E-state index contributed by atoms with van der Waals surface area (Å²) in [7, 11) is 1.77. The van der Waals surface area contributed by atoms with Crippen molar-refractivity contribution in [1.82, 2.24) is 5.32 Å². The highest BCUT2D eigenvalue weighted by Gasteiger charge is 2.28. The lowest BCUT2D eigenvalue weighted by molar-refractivity contribution is -0.385. The molecule has 102 valence electrons. The van der Waals surface area contributed by atoms with Crippen LogP contribution in [-0.4, -0.2) is 30.5 Å². The van der Waals surface area contributed by atoms with E-state index in [9.17, 15) is 14.9 Å². The van der Waals surface area contributed by atoms with Crippen LogP contribution in [0.5, 0.6) is 0 Å². The number of nitrogens with zero attached hydrogens (tertiary/aromatic N) is 2. The number of amides is 1. The number of likely N-dealkylation sites (N-methyl/N-ethyl adjacent to an activating group) is 1. The molecule has 0 spiro atoms. The number of piperidine rings is 1. The fourth-order valence-corrected chi connectivity index (χ4v) is 2.41. The molecule has 1 aromatic carbocycles. The molecule has 1 saturated heterocycles. The second-order valence-electron chi connectivity index (χ2n) is 4.70. The Balaban J connectivity index is 2.29. The van der Waals surface area contributed by atoms with Crippen LogP contribution in [0.4, 0.5) is 11.4 Å². The summed E-state index contributed by atoms with van der Waals surface area (Å²) in [6.07, 6.45) is 1.76. The van der Waals surface area contributed by atoms with Gasteiger partial charge in [-0.15, -0.1) is 0 Å². The topological polar surface area (TPSA) is 75.5 Å². The van der Waals surface area contributed by atoms with Gasteiger partial charge in [0.05, 0.1) is 11.0 Å². The second kappa shape index (κ2) is 5.36. The molecular formula is C13H17N3O3.